The fraction of sp³-hybridized carbons (Fsp3) is 1.00. The van der Waals surface area contributed by atoms with Crippen molar-refractivity contribution in [2.45, 2.75) is 123 Å². The molecule has 0 rings (SSSR count). The molecule has 0 aliphatic heterocycles. The van der Waals surface area contributed by atoms with E-state index in [0.29, 0.717) is 159 Å². The number of hydrogen-bond acceptors (Lipinski definition) is 13. The maximum atomic E-state index is 5.68. The van der Waals surface area contributed by atoms with Gasteiger partial charge in [0.1, 0.15) is 0 Å². The second-order valence-corrected chi connectivity index (χ2v) is 14.3. The third-order valence-corrected chi connectivity index (χ3v) is 9.00. The summed E-state index contributed by atoms with van der Waals surface area (Å²) in [6.45, 7) is 19.3. The van der Waals surface area contributed by atoms with Crippen LogP contribution in [0.15, 0.2) is 0 Å². The molecule has 0 fully saturated rings. The van der Waals surface area contributed by atoms with Crippen LogP contribution >= 0.6 is 0 Å². The molecule has 58 heavy (non-hydrogen) atoms. The Balaban J connectivity index is 3.05. The predicted octanol–water partition coefficient (Wildman–Crippen LogP) is 7.87. The highest BCUT2D eigenvalue weighted by molar-refractivity contribution is 4.49. The van der Waals surface area contributed by atoms with Crippen molar-refractivity contribution in [2.75, 3.05) is 172 Å². The first-order chi connectivity index (χ1) is 28.9. The van der Waals surface area contributed by atoms with Gasteiger partial charge in [0.2, 0.25) is 0 Å². The minimum atomic E-state index is 0.517. The van der Waals surface area contributed by atoms with Gasteiger partial charge in [0.05, 0.1) is 159 Å². The summed E-state index contributed by atoms with van der Waals surface area (Å²) in [6, 6.07) is 0. The van der Waals surface area contributed by atoms with Crippen molar-refractivity contribution in [2.24, 2.45) is 0 Å². The zero-order chi connectivity index (χ0) is 41.6. The lowest BCUT2D eigenvalue weighted by Gasteiger charge is -2.09. The Morgan fingerprint density at radius 2 is 0.259 bits per heavy atom. The lowest BCUT2D eigenvalue weighted by molar-refractivity contribution is -0.0290. The molecule has 0 amide bonds. The van der Waals surface area contributed by atoms with Crippen LogP contribution in [0.2, 0.25) is 0 Å². The van der Waals surface area contributed by atoms with E-state index in [9.17, 15) is 0 Å². The molecule has 0 aromatic rings. The lowest BCUT2D eigenvalue weighted by Crippen LogP contribution is -2.15. The lowest BCUT2D eigenvalue weighted by atomic mass is 10.0. The van der Waals surface area contributed by atoms with Gasteiger partial charge in [-0.2, -0.15) is 0 Å². The summed E-state index contributed by atoms with van der Waals surface area (Å²) in [7, 11) is 0. The van der Waals surface area contributed by atoms with Crippen molar-refractivity contribution < 1.29 is 61.6 Å². The number of unbranched alkanes of at least 4 members (excludes halogenated alkanes) is 15. The van der Waals surface area contributed by atoms with Crippen molar-refractivity contribution >= 4 is 0 Å². The van der Waals surface area contributed by atoms with Gasteiger partial charge in [0.15, 0.2) is 0 Å². The van der Waals surface area contributed by atoms with Gasteiger partial charge in [0, 0.05) is 13.2 Å². The summed E-state index contributed by atoms with van der Waals surface area (Å²) < 4.78 is 72.0. The standard InChI is InChI=1S/C45H92O13/c1-3-5-7-9-10-11-12-13-14-15-16-17-19-21-47-23-25-49-27-29-51-31-33-53-35-37-55-39-41-57-43-45-58-44-42-56-40-38-54-36-34-52-32-30-50-28-26-48-24-22-46-20-18-8-6-4-2/h3-45H2,1-2H3. The Labute approximate surface area is 355 Å². The Morgan fingerprint density at radius 3 is 0.431 bits per heavy atom. The molecule has 0 radical (unpaired) electrons. The Bertz CT molecular complexity index is 639. The molecule has 0 N–H and O–H groups in total. The molecule has 350 valence electrons. The largest absolute Gasteiger partial charge is 0.379 e. The maximum absolute atomic E-state index is 5.68. The molecule has 0 heterocycles. The summed E-state index contributed by atoms with van der Waals surface area (Å²) in [5.41, 5.74) is 0. The highest BCUT2D eigenvalue weighted by atomic mass is 16.6. The summed E-state index contributed by atoms with van der Waals surface area (Å²) in [5, 5.41) is 0. The van der Waals surface area contributed by atoms with E-state index in [1.165, 1.54) is 96.3 Å². The molecule has 0 bridgehead atoms. The van der Waals surface area contributed by atoms with Crippen molar-refractivity contribution in [3.8, 4) is 0 Å². The molecule has 13 heteroatoms. The summed E-state index contributed by atoms with van der Waals surface area (Å²) >= 11 is 0. The predicted molar refractivity (Wildman–Crippen MR) is 230 cm³/mol. The van der Waals surface area contributed by atoms with Crippen LogP contribution in [-0.2, 0) is 61.6 Å². The van der Waals surface area contributed by atoms with E-state index in [-0.39, 0.29) is 0 Å². The van der Waals surface area contributed by atoms with Crippen LogP contribution in [-0.4, -0.2) is 172 Å². The van der Waals surface area contributed by atoms with Gasteiger partial charge in [-0.3, -0.25) is 0 Å². The zero-order valence-corrected chi connectivity index (χ0v) is 37.7. The Hall–Kier alpha value is -0.520. The molecule has 0 atom stereocenters. The van der Waals surface area contributed by atoms with Gasteiger partial charge in [-0.1, -0.05) is 110 Å². The monoisotopic (exact) mass is 841 g/mol. The maximum Gasteiger partial charge on any atom is 0.0701 e. The van der Waals surface area contributed by atoms with Crippen LogP contribution in [0.4, 0.5) is 0 Å². The molecular formula is C45H92O13. The molecule has 13 nitrogen and oxygen atoms in total. The molecule has 0 spiro atoms. The number of ether oxygens (including phenoxy) is 13. The quantitative estimate of drug-likeness (QED) is 0.0553. The third kappa shape index (κ3) is 55.5. The smallest absolute Gasteiger partial charge is 0.0701 e. The summed E-state index contributed by atoms with van der Waals surface area (Å²) in [4.78, 5) is 0. The van der Waals surface area contributed by atoms with Crippen LogP contribution in [0, 0.1) is 0 Å². The molecular weight excluding hydrogens is 748 g/mol. The van der Waals surface area contributed by atoms with Crippen LogP contribution < -0.4 is 0 Å². The van der Waals surface area contributed by atoms with Gasteiger partial charge < -0.3 is 61.6 Å². The van der Waals surface area contributed by atoms with E-state index in [1.807, 2.05) is 0 Å². The van der Waals surface area contributed by atoms with Crippen LogP contribution in [0.5, 0.6) is 0 Å². The fourth-order valence-corrected chi connectivity index (χ4v) is 5.59. The van der Waals surface area contributed by atoms with Crippen LogP contribution in [0.25, 0.3) is 0 Å². The second-order valence-electron chi connectivity index (χ2n) is 14.3. The summed E-state index contributed by atoms with van der Waals surface area (Å²) in [5.74, 6) is 0. The van der Waals surface area contributed by atoms with Gasteiger partial charge in [0.25, 0.3) is 0 Å². The van der Waals surface area contributed by atoms with E-state index in [0.717, 1.165) is 26.1 Å². The van der Waals surface area contributed by atoms with Gasteiger partial charge in [-0.05, 0) is 12.8 Å². The van der Waals surface area contributed by atoms with Crippen LogP contribution in [0.3, 0.4) is 0 Å². The summed E-state index contributed by atoms with van der Waals surface area (Å²) in [6.07, 6.45) is 22.7. The topological polar surface area (TPSA) is 120 Å². The van der Waals surface area contributed by atoms with Gasteiger partial charge >= 0.3 is 0 Å². The van der Waals surface area contributed by atoms with Crippen molar-refractivity contribution in [3.05, 3.63) is 0 Å². The second kappa shape index (κ2) is 56.5. The SMILES string of the molecule is CCCCCCCCCCCCCCCOCCOCCOCCOCCOCCOCCOCCOCCOCCOCCOCCOCCOCCCCCC. The molecule has 0 saturated carbocycles. The van der Waals surface area contributed by atoms with E-state index in [4.69, 9.17) is 61.6 Å². The van der Waals surface area contributed by atoms with E-state index >= 15 is 0 Å². The van der Waals surface area contributed by atoms with Gasteiger partial charge in [-0.25, -0.2) is 0 Å². The Kier molecular flexibility index (Phi) is 56.0. The minimum absolute atomic E-state index is 0.517. The van der Waals surface area contributed by atoms with Crippen molar-refractivity contribution in [3.63, 3.8) is 0 Å². The average Bonchev–Trinajstić information content (AvgIpc) is 3.23. The fourth-order valence-electron chi connectivity index (χ4n) is 5.59. The first kappa shape index (κ1) is 57.5. The normalized spacial score (nSPS) is 11.7. The molecule has 0 aliphatic rings. The first-order valence-electron chi connectivity index (χ1n) is 23.4. The highest BCUT2D eigenvalue weighted by Crippen LogP contribution is 2.12. The Morgan fingerprint density at radius 1 is 0.138 bits per heavy atom. The number of rotatable bonds is 55. The van der Waals surface area contributed by atoms with E-state index in [1.54, 1.807) is 0 Å². The zero-order valence-electron chi connectivity index (χ0n) is 37.7. The van der Waals surface area contributed by atoms with E-state index < -0.39 is 0 Å². The minimum Gasteiger partial charge on any atom is -0.379 e. The highest BCUT2D eigenvalue weighted by Gasteiger charge is 1.98. The first-order valence-corrected chi connectivity index (χ1v) is 23.4. The third-order valence-electron chi connectivity index (χ3n) is 9.00. The van der Waals surface area contributed by atoms with Gasteiger partial charge in [-0.15, -0.1) is 0 Å². The van der Waals surface area contributed by atoms with Crippen molar-refractivity contribution in [1.29, 1.82) is 0 Å². The molecule has 0 unspecified atom stereocenters. The van der Waals surface area contributed by atoms with Crippen LogP contribution in [0.1, 0.15) is 123 Å². The molecule has 0 aliphatic carbocycles. The number of hydrogen-bond donors (Lipinski definition) is 0. The molecule has 0 aromatic heterocycles. The van der Waals surface area contributed by atoms with E-state index in [2.05, 4.69) is 13.8 Å². The molecule has 0 saturated heterocycles. The molecule has 0 aromatic carbocycles. The average molecular weight is 841 g/mol. The van der Waals surface area contributed by atoms with Crippen molar-refractivity contribution in [1.82, 2.24) is 0 Å².